The van der Waals surface area contributed by atoms with Crippen LogP contribution in [-0.4, -0.2) is 0 Å². The summed E-state index contributed by atoms with van der Waals surface area (Å²) < 4.78 is 10.4. The van der Waals surface area contributed by atoms with Crippen LogP contribution >= 0.6 is 0 Å². The Balaban J connectivity index is 2.62. The summed E-state index contributed by atoms with van der Waals surface area (Å²) in [7, 11) is 0. The summed E-state index contributed by atoms with van der Waals surface area (Å²) in [4.78, 5) is 3.01. The molecule has 0 aliphatic heterocycles. The highest BCUT2D eigenvalue weighted by Gasteiger charge is 1.53. The Labute approximate surface area is 30.0 Å². The van der Waals surface area contributed by atoms with Gasteiger partial charge in [-0.25, -0.2) is 0 Å². The molecule has 0 atom stereocenters. The Morgan fingerprint density at radius 1 is 1.80 bits per heavy atom. The Kier molecular flexibility index (Phi) is 3.10. The van der Waals surface area contributed by atoms with Crippen LogP contribution in [0.4, 0.5) is 4.53 Å². The molecule has 0 rings (SSSR count). The third-order valence-corrected chi connectivity index (χ3v) is 0.188. The molecule has 0 bridgehead atoms. The van der Waals surface area contributed by atoms with E-state index in [4.69, 9.17) is 0 Å². The van der Waals surface area contributed by atoms with Gasteiger partial charge >= 0.3 is 0 Å². The Morgan fingerprint density at radius 2 is 2.40 bits per heavy atom. The van der Waals surface area contributed by atoms with Gasteiger partial charge in [0.25, 0.3) is 0 Å². The largest absolute Gasteiger partial charge is 0.303 e. The number of halogens is 1. The van der Waals surface area contributed by atoms with E-state index in [1.807, 2.05) is 0 Å². The average molecular weight is 76.1 g/mol. The van der Waals surface area contributed by atoms with Gasteiger partial charge in [-0.15, -0.1) is 0 Å². The third-order valence-electron chi connectivity index (χ3n) is 0.188. The van der Waals surface area contributed by atoms with Crippen LogP contribution in [0.15, 0.2) is 12.3 Å². The lowest BCUT2D eigenvalue weighted by Crippen LogP contribution is -1.47. The van der Waals surface area contributed by atoms with E-state index in [2.05, 4.69) is 4.94 Å². The number of allylic oxidation sites excluding steroid dienone is 1. The predicted molar refractivity (Wildman–Crippen MR) is 17.0 cm³/mol. The first-order valence-corrected chi connectivity index (χ1v) is 1.30. The molecule has 0 amide bonds. The first kappa shape index (κ1) is 4.47. The minimum Gasteiger partial charge on any atom is -0.303 e. The summed E-state index contributed by atoms with van der Waals surface area (Å²) in [5, 5.41) is 0. The van der Waals surface area contributed by atoms with Crippen molar-refractivity contribution in [1.82, 2.24) is 0 Å². The second kappa shape index (κ2) is 3.47. The van der Waals surface area contributed by atoms with Crippen molar-refractivity contribution < 1.29 is 9.47 Å². The smallest absolute Gasteiger partial charge is 0.131 e. The fourth-order valence-corrected chi connectivity index (χ4v) is 0.0514. The molecule has 0 aromatic carbocycles. The van der Waals surface area contributed by atoms with E-state index in [9.17, 15) is 4.53 Å². The molecule has 0 aromatic heterocycles. The van der Waals surface area contributed by atoms with Crippen LogP contribution in [0.3, 0.4) is 0 Å². The molecular weight excluding hydrogens is 71.0 g/mol. The molecule has 0 heterocycles. The molecule has 0 aliphatic rings. The van der Waals surface area contributed by atoms with Crippen LogP contribution in [0.25, 0.3) is 0 Å². The molecule has 1 nitrogen and oxygen atoms in total. The zero-order chi connectivity index (χ0) is 4.12. The van der Waals surface area contributed by atoms with Crippen LogP contribution in [0.1, 0.15) is 6.92 Å². The van der Waals surface area contributed by atoms with E-state index in [-0.39, 0.29) is 0 Å². The molecule has 2 heteroatoms. The van der Waals surface area contributed by atoms with Crippen molar-refractivity contribution in [2.45, 2.75) is 6.92 Å². The van der Waals surface area contributed by atoms with E-state index < -0.39 is 0 Å². The highest BCUT2D eigenvalue weighted by atomic mass is 19.3. The summed E-state index contributed by atoms with van der Waals surface area (Å²) in [6, 6.07) is 0. The third kappa shape index (κ3) is 3.47. The highest BCUT2D eigenvalue weighted by Crippen LogP contribution is 1.71. The molecule has 0 radical (unpaired) electrons. The Bertz CT molecular complexity index is 33.9. The molecule has 0 unspecified atom stereocenters. The molecular formula is C3H5FO. The highest BCUT2D eigenvalue weighted by molar-refractivity contribution is 4.62. The average Bonchev–Trinajstić information content (AvgIpc) is 1.41. The van der Waals surface area contributed by atoms with Gasteiger partial charge in [-0.2, -0.15) is 0 Å². The lowest BCUT2D eigenvalue weighted by Gasteiger charge is -1.67. The SMILES string of the molecule is C/C=C\OF. The number of hydrogen-bond acceptors (Lipinski definition) is 1. The van der Waals surface area contributed by atoms with Gasteiger partial charge in [0.1, 0.15) is 6.26 Å². The van der Waals surface area contributed by atoms with Crippen molar-refractivity contribution in [3.05, 3.63) is 12.3 Å². The molecule has 0 aliphatic carbocycles. The summed E-state index contributed by atoms with van der Waals surface area (Å²) in [6.07, 6.45) is 2.42. The normalized spacial score (nSPS) is 9.20. The monoisotopic (exact) mass is 76.0 g/mol. The van der Waals surface area contributed by atoms with Crippen LogP contribution < -0.4 is 0 Å². The van der Waals surface area contributed by atoms with Gasteiger partial charge in [-0.05, 0) is 13.0 Å². The van der Waals surface area contributed by atoms with Crippen LogP contribution in [0.2, 0.25) is 0 Å². The van der Waals surface area contributed by atoms with Crippen LogP contribution in [-0.2, 0) is 4.94 Å². The molecule has 0 aromatic rings. The van der Waals surface area contributed by atoms with Gasteiger partial charge in [-0.3, -0.25) is 0 Å². The molecule has 5 heavy (non-hydrogen) atoms. The summed E-state index contributed by atoms with van der Waals surface area (Å²) >= 11 is 0. The molecule has 0 N–H and O–H groups in total. The summed E-state index contributed by atoms with van der Waals surface area (Å²) in [6.45, 7) is 1.67. The maximum atomic E-state index is 10.4. The van der Waals surface area contributed by atoms with Crippen LogP contribution in [0, 0.1) is 0 Å². The second-order valence-electron chi connectivity index (χ2n) is 0.559. The van der Waals surface area contributed by atoms with E-state index in [1.54, 1.807) is 6.92 Å². The molecule has 0 saturated heterocycles. The Hall–Kier alpha value is -0.530. The zero-order valence-corrected chi connectivity index (χ0v) is 2.94. The van der Waals surface area contributed by atoms with E-state index in [0.29, 0.717) is 0 Å². The van der Waals surface area contributed by atoms with Crippen molar-refractivity contribution in [2.24, 2.45) is 0 Å². The van der Waals surface area contributed by atoms with E-state index in [0.717, 1.165) is 6.26 Å². The lowest BCUT2D eigenvalue weighted by molar-refractivity contribution is -0.0619. The number of hydrogen-bond donors (Lipinski definition) is 0. The topological polar surface area (TPSA) is 9.23 Å². The van der Waals surface area contributed by atoms with Crippen molar-refractivity contribution in [3.8, 4) is 0 Å². The molecule has 0 fully saturated rings. The predicted octanol–water partition coefficient (Wildman–Crippen LogP) is 1.42. The lowest BCUT2D eigenvalue weighted by atomic mass is 10.8. The molecule has 30 valence electrons. The van der Waals surface area contributed by atoms with E-state index >= 15 is 0 Å². The molecule has 0 saturated carbocycles. The van der Waals surface area contributed by atoms with Crippen molar-refractivity contribution in [2.75, 3.05) is 0 Å². The standard InChI is InChI=1S/C3H5FO/c1-2-3-5-4/h2-3H,1H3/b3-2-. The summed E-state index contributed by atoms with van der Waals surface area (Å²) in [5.41, 5.74) is 0. The quantitative estimate of drug-likeness (QED) is 0.429. The van der Waals surface area contributed by atoms with Gasteiger partial charge in [-0.1, -0.05) is 0 Å². The number of rotatable bonds is 1. The van der Waals surface area contributed by atoms with Crippen molar-refractivity contribution in [3.63, 3.8) is 0 Å². The van der Waals surface area contributed by atoms with Crippen LogP contribution in [0.5, 0.6) is 0 Å². The van der Waals surface area contributed by atoms with Gasteiger partial charge < -0.3 is 4.94 Å². The minimum absolute atomic E-state index is 0.958. The summed E-state index contributed by atoms with van der Waals surface area (Å²) in [5.74, 6) is 0. The maximum Gasteiger partial charge on any atom is 0.131 e. The van der Waals surface area contributed by atoms with Crippen molar-refractivity contribution in [1.29, 1.82) is 0 Å². The van der Waals surface area contributed by atoms with Gasteiger partial charge in [0, 0.05) is 4.53 Å². The first-order valence-electron chi connectivity index (χ1n) is 1.30. The Morgan fingerprint density at radius 3 is 2.40 bits per heavy atom. The fraction of sp³-hybridized carbons (Fsp3) is 0.333. The van der Waals surface area contributed by atoms with Crippen molar-refractivity contribution >= 4 is 0 Å². The maximum absolute atomic E-state index is 10.4. The fourth-order valence-electron chi connectivity index (χ4n) is 0.0514. The van der Waals surface area contributed by atoms with Gasteiger partial charge in [0.05, 0.1) is 0 Å². The molecule has 0 spiro atoms. The first-order chi connectivity index (χ1) is 2.41. The second-order valence-corrected chi connectivity index (χ2v) is 0.559. The minimum atomic E-state index is 0.958. The van der Waals surface area contributed by atoms with Gasteiger partial charge in [0.2, 0.25) is 0 Å². The van der Waals surface area contributed by atoms with E-state index in [1.165, 1.54) is 6.08 Å². The van der Waals surface area contributed by atoms with Gasteiger partial charge in [0.15, 0.2) is 0 Å². The zero-order valence-electron chi connectivity index (χ0n) is 2.94.